The Morgan fingerprint density at radius 3 is 2.63 bits per heavy atom. The molecule has 3 aliphatic rings. The number of amides is 1. The average molecular weight is 503 g/mol. The van der Waals surface area contributed by atoms with Crippen LogP contribution in [-0.2, 0) is 19.6 Å². The standard InChI is InChI=1S/C25H30N2O7S/c1-32-17-5-7-19(8-6-17)35(30,31)27-16-4-9-22-20(10-16)21-11-18(33-23(14-28)25(21)34-22)12-24(29)26-13-15-2-3-15/h4-10,15,18,21,23,25,27-28H,2-3,11-14H2,1H3,(H,26,29)/t18-,21-,23+,25+/m1/s1. The molecule has 0 aromatic heterocycles. The summed E-state index contributed by atoms with van der Waals surface area (Å²) in [7, 11) is -2.28. The maximum Gasteiger partial charge on any atom is 0.261 e. The molecule has 3 N–H and O–H groups in total. The van der Waals surface area contributed by atoms with E-state index in [1.54, 1.807) is 30.3 Å². The van der Waals surface area contributed by atoms with Gasteiger partial charge in [-0.15, -0.1) is 0 Å². The van der Waals surface area contributed by atoms with Crippen LogP contribution in [-0.4, -0.2) is 58.0 Å². The van der Waals surface area contributed by atoms with Gasteiger partial charge in [-0.2, -0.15) is 0 Å². The highest BCUT2D eigenvalue weighted by Crippen LogP contribution is 2.47. The van der Waals surface area contributed by atoms with E-state index in [2.05, 4.69) is 10.0 Å². The van der Waals surface area contributed by atoms with Crippen LogP contribution >= 0.6 is 0 Å². The Morgan fingerprint density at radius 1 is 1.17 bits per heavy atom. The highest BCUT2D eigenvalue weighted by molar-refractivity contribution is 7.92. The number of anilines is 1. The fraction of sp³-hybridized carbons (Fsp3) is 0.480. The summed E-state index contributed by atoms with van der Waals surface area (Å²) in [4.78, 5) is 12.5. The van der Waals surface area contributed by atoms with Gasteiger partial charge >= 0.3 is 0 Å². The number of carbonyl (C=O) groups is 1. The molecule has 2 aliphatic heterocycles. The molecule has 9 nitrogen and oxygen atoms in total. The van der Waals surface area contributed by atoms with E-state index in [0.717, 1.165) is 18.4 Å². The van der Waals surface area contributed by atoms with Crippen molar-refractivity contribution < 1.29 is 32.5 Å². The van der Waals surface area contributed by atoms with E-state index in [0.29, 0.717) is 36.1 Å². The van der Waals surface area contributed by atoms with Gasteiger partial charge in [0.05, 0.1) is 31.1 Å². The van der Waals surface area contributed by atoms with Gasteiger partial charge in [0.1, 0.15) is 23.7 Å². The molecule has 0 unspecified atom stereocenters. The third kappa shape index (κ3) is 5.24. The molecule has 0 bridgehead atoms. The summed E-state index contributed by atoms with van der Waals surface area (Å²) < 4.78 is 45.6. The SMILES string of the molecule is COc1ccc(S(=O)(=O)Nc2ccc3c(c2)[C@H]2C[C@H](CC(=O)NCC4CC4)O[C@@H](CO)[C@H]2O3)cc1. The molecule has 1 saturated heterocycles. The summed E-state index contributed by atoms with van der Waals surface area (Å²) in [5.41, 5.74) is 1.25. The van der Waals surface area contributed by atoms with Crippen molar-refractivity contribution in [2.75, 3.05) is 25.0 Å². The first kappa shape index (κ1) is 23.9. The summed E-state index contributed by atoms with van der Waals surface area (Å²) in [6, 6.07) is 11.3. The van der Waals surface area contributed by atoms with Crippen LogP contribution in [0.3, 0.4) is 0 Å². The Labute approximate surface area is 204 Å². The fourth-order valence-electron chi connectivity index (χ4n) is 4.78. The van der Waals surface area contributed by atoms with Gasteiger partial charge in [-0.05, 0) is 67.6 Å². The molecule has 2 aromatic carbocycles. The number of hydrogen-bond acceptors (Lipinski definition) is 7. The van der Waals surface area contributed by atoms with Crippen molar-refractivity contribution in [3.63, 3.8) is 0 Å². The van der Waals surface area contributed by atoms with Crippen molar-refractivity contribution >= 4 is 21.6 Å². The Balaban J connectivity index is 1.31. The van der Waals surface area contributed by atoms with Gasteiger partial charge in [0.25, 0.3) is 10.0 Å². The Kier molecular flexibility index (Phi) is 6.61. The number of methoxy groups -OCH3 is 1. The van der Waals surface area contributed by atoms with E-state index in [-0.39, 0.29) is 35.9 Å². The van der Waals surface area contributed by atoms with Gasteiger partial charge in [0.2, 0.25) is 5.91 Å². The zero-order valence-electron chi connectivity index (χ0n) is 19.5. The maximum absolute atomic E-state index is 12.9. The monoisotopic (exact) mass is 502 g/mol. The molecule has 188 valence electrons. The van der Waals surface area contributed by atoms with Crippen LogP contribution in [0.1, 0.15) is 37.2 Å². The lowest BCUT2D eigenvalue weighted by Crippen LogP contribution is -2.47. The summed E-state index contributed by atoms with van der Waals surface area (Å²) >= 11 is 0. The van der Waals surface area contributed by atoms with Gasteiger partial charge in [0, 0.05) is 23.7 Å². The molecule has 1 saturated carbocycles. The number of aliphatic hydroxyl groups is 1. The van der Waals surface area contributed by atoms with Crippen molar-refractivity contribution in [1.29, 1.82) is 0 Å². The largest absolute Gasteiger partial charge is 0.497 e. The lowest BCUT2D eigenvalue weighted by molar-refractivity contribution is -0.142. The van der Waals surface area contributed by atoms with Crippen LogP contribution in [0.25, 0.3) is 0 Å². The molecule has 4 atom stereocenters. The molecule has 2 heterocycles. The van der Waals surface area contributed by atoms with Crippen LogP contribution in [0.4, 0.5) is 5.69 Å². The number of hydrogen-bond donors (Lipinski definition) is 3. The second kappa shape index (κ2) is 9.67. The number of nitrogens with one attached hydrogen (secondary N) is 2. The van der Waals surface area contributed by atoms with Crippen LogP contribution in [0, 0.1) is 5.92 Å². The number of ether oxygens (including phenoxy) is 3. The molecule has 5 rings (SSSR count). The van der Waals surface area contributed by atoms with Crippen LogP contribution in [0.2, 0.25) is 0 Å². The Hall–Kier alpha value is -2.82. The van der Waals surface area contributed by atoms with E-state index in [9.17, 15) is 18.3 Å². The fourth-order valence-corrected chi connectivity index (χ4v) is 5.83. The van der Waals surface area contributed by atoms with Crippen molar-refractivity contribution in [2.24, 2.45) is 5.92 Å². The van der Waals surface area contributed by atoms with E-state index < -0.39 is 22.2 Å². The van der Waals surface area contributed by atoms with E-state index in [1.807, 2.05) is 0 Å². The maximum atomic E-state index is 12.9. The van der Waals surface area contributed by atoms with Gasteiger partial charge in [0.15, 0.2) is 0 Å². The minimum absolute atomic E-state index is 0.0582. The third-order valence-corrected chi connectivity index (χ3v) is 8.22. The minimum Gasteiger partial charge on any atom is -0.497 e. The summed E-state index contributed by atoms with van der Waals surface area (Å²) in [6.07, 6.45) is 1.76. The lowest BCUT2D eigenvalue weighted by atomic mass is 9.84. The summed E-state index contributed by atoms with van der Waals surface area (Å²) in [5, 5.41) is 12.9. The number of aliphatic hydroxyl groups excluding tert-OH is 1. The van der Waals surface area contributed by atoms with E-state index in [1.165, 1.54) is 19.2 Å². The molecule has 1 aliphatic carbocycles. The molecule has 0 spiro atoms. The Morgan fingerprint density at radius 2 is 1.94 bits per heavy atom. The van der Waals surface area contributed by atoms with E-state index in [4.69, 9.17) is 14.2 Å². The molecular weight excluding hydrogens is 472 g/mol. The van der Waals surface area contributed by atoms with Crippen molar-refractivity contribution in [3.8, 4) is 11.5 Å². The van der Waals surface area contributed by atoms with Crippen molar-refractivity contribution in [1.82, 2.24) is 5.32 Å². The molecule has 1 amide bonds. The van der Waals surface area contributed by atoms with Gasteiger partial charge in [-0.25, -0.2) is 8.42 Å². The summed E-state index contributed by atoms with van der Waals surface area (Å²) in [6.45, 7) is 0.469. The number of rotatable bonds is 9. The summed E-state index contributed by atoms with van der Waals surface area (Å²) in [5.74, 6) is 1.61. The molecular formula is C25H30N2O7S. The van der Waals surface area contributed by atoms with Crippen LogP contribution < -0.4 is 19.5 Å². The zero-order chi connectivity index (χ0) is 24.6. The predicted octanol–water partition coefficient (Wildman–Crippen LogP) is 2.41. The second-order valence-electron chi connectivity index (χ2n) is 9.39. The number of benzene rings is 2. The van der Waals surface area contributed by atoms with Crippen molar-refractivity contribution in [3.05, 3.63) is 48.0 Å². The minimum atomic E-state index is -3.80. The third-order valence-electron chi connectivity index (χ3n) is 6.82. The van der Waals surface area contributed by atoms with Gasteiger partial charge in [-0.3, -0.25) is 9.52 Å². The molecule has 10 heteroatoms. The molecule has 35 heavy (non-hydrogen) atoms. The number of carbonyl (C=O) groups excluding carboxylic acids is 1. The number of fused-ring (bicyclic) bond motifs is 3. The van der Waals surface area contributed by atoms with E-state index >= 15 is 0 Å². The van der Waals surface area contributed by atoms with Crippen LogP contribution in [0.15, 0.2) is 47.4 Å². The first-order valence-electron chi connectivity index (χ1n) is 11.9. The number of sulfonamides is 1. The smallest absolute Gasteiger partial charge is 0.261 e. The molecule has 0 radical (unpaired) electrons. The van der Waals surface area contributed by atoms with Gasteiger partial charge in [-0.1, -0.05) is 0 Å². The lowest BCUT2D eigenvalue weighted by Gasteiger charge is -2.37. The zero-order valence-corrected chi connectivity index (χ0v) is 20.3. The van der Waals surface area contributed by atoms with Crippen LogP contribution in [0.5, 0.6) is 11.5 Å². The average Bonchev–Trinajstić information content (AvgIpc) is 3.62. The first-order valence-corrected chi connectivity index (χ1v) is 13.3. The topological polar surface area (TPSA) is 123 Å². The Bertz CT molecular complexity index is 1180. The second-order valence-corrected chi connectivity index (χ2v) is 11.1. The highest BCUT2D eigenvalue weighted by atomic mass is 32.2. The quantitative estimate of drug-likeness (QED) is 0.481. The molecule has 2 aromatic rings. The highest BCUT2D eigenvalue weighted by Gasteiger charge is 2.46. The van der Waals surface area contributed by atoms with Gasteiger partial charge < -0.3 is 24.6 Å². The predicted molar refractivity (Wildman–Crippen MR) is 128 cm³/mol. The normalized spacial score (nSPS) is 25.2. The first-order chi connectivity index (χ1) is 16.9. The van der Waals surface area contributed by atoms with Crippen molar-refractivity contribution in [2.45, 2.75) is 54.8 Å². The molecule has 2 fully saturated rings.